The fraction of sp³-hybridized carbons (Fsp3) is 0.500. The average Bonchev–Trinajstić information content (AvgIpc) is 2.63. The molecule has 0 spiro atoms. The van der Waals surface area contributed by atoms with Crippen LogP contribution in [0.2, 0.25) is 0 Å². The van der Waals surface area contributed by atoms with Crippen molar-refractivity contribution in [1.82, 2.24) is 0 Å². The molecule has 0 fully saturated rings. The summed E-state index contributed by atoms with van der Waals surface area (Å²) < 4.78 is 10.6. The second-order valence-corrected chi connectivity index (χ2v) is 6.84. The Morgan fingerprint density at radius 2 is 1.70 bits per heavy atom. The Morgan fingerprint density at radius 1 is 1.04 bits per heavy atom. The normalized spacial score (nSPS) is 22.6. The van der Waals surface area contributed by atoms with Crippen LogP contribution in [0.1, 0.15) is 55.5 Å². The Balaban J connectivity index is 2.39. The minimum absolute atomic E-state index is 0.0294. The zero-order chi connectivity index (χ0) is 20.1. The van der Waals surface area contributed by atoms with Crippen LogP contribution in [0.5, 0.6) is 11.5 Å². The zero-order valence-electron chi connectivity index (χ0n) is 15.7. The van der Waals surface area contributed by atoms with Gasteiger partial charge >= 0.3 is 5.97 Å². The molecule has 7 nitrogen and oxygen atoms in total. The number of benzene rings is 1. The van der Waals surface area contributed by atoms with Gasteiger partial charge in [0, 0.05) is 18.9 Å². The standard InChI is InChI=1S/C20H24O7/c1-11-7-8-16(22)19(24)15(21)6-4-5-13-9-14(26-3)10-17(23)18(13)20(25)27-12(11)2/h9-12,23H,4-8H2,1-3H3/t11-,12?/m1/s1. The summed E-state index contributed by atoms with van der Waals surface area (Å²) in [7, 11) is 1.43. The van der Waals surface area contributed by atoms with E-state index < -0.39 is 29.4 Å². The van der Waals surface area contributed by atoms with Crippen molar-refractivity contribution >= 4 is 23.3 Å². The first kappa shape index (κ1) is 20.6. The molecule has 1 N–H and O–H groups in total. The lowest BCUT2D eigenvalue weighted by Gasteiger charge is -2.22. The highest BCUT2D eigenvalue weighted by molar-refractivity contribution is 6.63. The lowest BCUT2D eigenvalue weighted by atomic mass is 9.94. The van der Waals surface area contributed by atoms with Gasteiger partial charge in [-0.3, -0.25) is 14.4 Å². The summed E-state index contributed by atoms with van der Waals surface area (Å²) in [6.45, 7) is 3.48. The molecule has 2 rings (SSSR count). The van der Waals surface area contributed by atoms with E-state index in [0.29, 0.717) is 17.7 Å². The minimum atomic E-state index is -0.974. The van der Waals surface area contributed by atoms with Gasteiger partial charge in [-0.05, 0) is 43.7 Å². The molecule has 0 aliphatic carbocycles. The van der Waals surface area contributed by atoms with E-state index in [4.69, 9.17) is 9.47 Å². The maximum Gasteiger partial charge on any atom is 0.342 e. The van der Waals surface area contributed by atoms with E-state index >= 15 is 0 Å². The van der Waals surface area contributed by atoms with Crippen molar-refractivity contribution in [3.8, 4) is 11.5 Å². The lowest BCUT2D eigenvalue weighted by Crippen LogP contribution is -2.27. The van der Waals surface area contributed by atoms with Crippen molar-refractivity contribution in [1.29, 1.82) is 0 Å². The number of carbonyl (C=O) groups is 4. The third-order valence-electron chi connectivity index (χ3n) is 4.89. The third kappa shape index (κ3) is 4.93. The van der Waals surface area contributed by atoms with Gasteiger partial charge in [-0.25, -0.2) is 4.79 Å². The number of methoxy groups -OCH3 is 1. The number of fused-ring (bicyclic) bond motifs is 1. The molecule has 0 amide bonds. The first-order chi connectivity index (χ1) is 12.7. The number of ether oxygens (including phenoxy) is 2. The highest BCUT2D eigenvalue weighted by atomic mass is 16.5. The number of esters is 1. The number of aromatic hydroxyl groups is 1. The summed E-state index contributed by atoms with van der Waals surface area (Å²) in [4.78, 5) is 48.4. The summed E-state index contributed by atoms with van der Waals surface area (Å²) in [6, 6.07) is 2.92. The van der Waals surface area contributed by atoms with E-state index in [-0.39, 0.29) is 42.9 Å². The van der Waals surface area contributed by atoms with Gasteiger partial charge in [-0.2, -0.15) is 0 Å². The Labute approximate surface area is 157 Å². The molecule has 1 unspecified atom stereocenters. The SMILES string of the molecule is COc1cc(O)c2c(c1)CCCC(=O)C(=O)C(=O)CC[C@@H](C)C(C)OC2=O. The number of ketones is 3. The fourth-order valence-corrected chi connectivity index (χ4v) is 2.97. The number of hydrogen-bond donors (Lipinski definition) is 1. The molecule has 146 valence electrons. The van der Waals surface area contributed by atoms with Crippen molar-refractivity contribution < 1.29 is 33.8 Å². The minimum Gasteiger partial charge on any atom is -0.507 e. The van der Waals surface area contributed by atoms with E-state index in [2.05, 4.69) is 0 Å². The number of hydrogen-bond acceptors (Lipinski definition) is 7. The Hall–Kier alpha value is -2.70. The third-order valence-corrected chi connectivity index (χ3v) is 4.89. The molecular formula is C20H24O7. The molecule has 1 aliphatic heterocycles. The molecule has 1 heterocycles. The van der Waals surface area contributed by atoms with Crippen LogP contribution in [-0.4, -0.2) is 41.6 Å². The van der Waals surface area contributed by atoms with Crippen molar-refractivity contribution in [2.75, 3.05) is 7.11 Å². The van der Waals surface area contributed by atoms with Crippen LogP contribution in [0.4, 0.5) is 0 Å². The predicted octanol–water partition coefficient (Wildman–Crippen LogP) is 2.41. The van der Waals surface area contributed by atoms with E-state index in [0.717, 1.165) is 0 Å². The van der Waals surface area contributed by atoms with Gasteiger partial charge < -0.3 is 14.6 Å². The second-order valence-electron chi connectivity index (χ2n) is 6.84. The molecule has 1 aliphatic rings. The monoisotopic (exact) mass is 376 g/mol. The van der Waals surface area contributed by atoms with Crippen LogP contribution in [0.15, 0.2) is 12.1 Å². The van der Waals surface area contributed by atoms with E-state index in [1.54, 1.807) is 19.9 Å². The molecule has 0 radical (unpaired) electrons. The largest absolute Gasteiger partial charge is 0.507 e. The molecule has 0 saturated carbocycles. The average molecular weight is 376 g/mol. The van der Waals surface area contributed by atoms with Gasteiger partial charge in [0.05, 0.1) is 7.11 Å². The summed E-state index contributed by atoms with van der Waals surface area (Å²) >= 11 is 0. The molecule has 2 atom stereocenters. The van der Waals surface area contributed by atoms with Crippen molar-refractivity contribution in [2.45, 2.75) is 52.1 Å². The van der Waals surface area contributed by atoms with E-state index in [1.165, 1.54) is 13.2 Å². The molecule has 27 heavy (non-hydrogen) atoms. The predicted molar refractivity (Wildman–Crippen MR) is 95.9 cm³/mol. The zero-order valence-corrected chi connectivity index (χ0v) is 15.7. The Kier molecular flexibility index (Phi) is 6.71. The van der Waals surface area contributed by atoms with Gasteiger partial charge in [0.15, 0.2) is 0 Å². The fourth-order valence-electron chi connectivity index (χ4n) is 2.97. The van der Waals surface area contributed by atoms with E-state index in [1.807, 2.05) is 0 Å². The molecule has 0 aromatic heterocycles. The van der Waals surface area contributed by atoms with Crippen LogP contribution >= 0.6 is 0 Å². The smallest absolute Gasteiger partial charge is 0.342 e. The van der Waals surface area contributed by atoms with Crippen molar-refractivity contribution in [3.05, 3.63) is 23.3 Å². The number of aryl methyl sites for hydroxylation is 1. The van der Waals surface area contributed by atoms with Crippen LogP contribution in [0.3, 0.4) is 0 Å². The second kappa shape index (κ2) is 8.79. The first-order valence-electron chi connectivity index (χ1n) is 8.95. The quantitative estimate of drug-likeness (QED) is 0.592. The van der Waals surface area contributed by atoms with Gasteiger partial charge in [-0.15, -0.1) is 0 Å². The number of rotatable bonds is 1. The van der Waals surface area contributed by atoms with Gasteiger partial charge in [0.2, 0.25) is 11.6 Å². The number of carbonyl (C=O) groups excluding carboxylic acids is 4. The molecule has 0 saturated heterocycles. The molecule has 7 heteroatoms. The molecular weight excluding hydrogens is 352 g/mol. The molecule has 0 bridgehead atoms. The van der Waals surface area contributed by atoms with Gasteiger partial charge in [0.25, 0.3) is 5.78 Å². The number of Topliss-reactive ketones (excluding diaryl/α,β-unsaturated/α-hetero) is 3. The number of phenolic OH excluding ortho intramolecular Hbond substituents is 1. The molecule has 1 aromatic rings. The highest BCUT2D eigenvalue weighted by Crippen LogP contribution is 2.31. The van der Waals surface area contributed by atoms with Crippen LogP contribution < -0.4 is 4.74 Å². The first-order valence-corrected chi connectivity index (χ1v) is 8.95. The topological polar surface area (TPSA) is 107 Å². The summed E-state index contributed by atoms with van der Waals surface area (Å²) in [5.41, 5.74) is 0.488. The highest BCUT2D eigenvalue weighted by Gasteiger charge is 2.27. The maximum atomic E-state index is 12.6. The van der Waals surface area contributed by atoms with Crippen LogP contribution in [0, 0.1) is 5.92 Å². The number of phenols is 1. The van der Waals surface area contributed by atoms with Crippen molar-refractivity contribution in [3.63, 3.8) is 0 Å². The van der Waals surface area contributed by atoms with Gasteiger partial charge in [0.1, 0.15) is 23.2 Å². The summed E-state index contributed by atoms with van der Waals surface area (Å²) in [5.74, 6) is -3.19. The van der Waals surface area contributed by atoms with Crippen molar-refractivity contribution in [2.24, 2.45) is 5.92 Å². The Bertz CT molecular complexity index is 766. The summed E-state index contributed by atoms with van der Waals surface area (Å²) in [5, 5.41) is 10.3. The van der Waals surface area contributed by atoms with E-state index in [9.17, 15) is 24.3 Å². The Morgan fingerprint density at radius 3 is 2.37 bits per heavy atom. The summed E-state index contributed by atoms with van der Waals surface area (Å²) in [6.07, 6.45) is 0.0975. The maximum absolute atomic E-state index is 12.6. The van der Waals surface area contributed by atoms with Crippen LogP contribution in [-0.2, 0) is 25.5 Å². The van der Waals surface area contributed by atoms with Gasteiger partial charge in [-0.1, -0.05) is 6.92 Å². The molecule has 1 aromatic carbocycles. The van der Waals surface area contributed by atoms with Crippen LogP contribution in [0.25, 0.3) is 0 Å². The lowest BCUT2D eigenvalue weighted by molar-refractivity contribution is -0.144. The number of cyclic esters (lactones) is 1.